The van der Waals surface area contributed by atoms with Crippen molar-refractivity contribution in [1.82, 2.24) is 15.5 Å². The minimum atomic E-state index is -0.481. The van der Waals surface area contributed by atoms with Crippen molar-refractivity contribution in [3.63, 3.8) is 0 Å². The summed E-state index contributed by atoms with van der Waals surface area (Å²) in [7, 11) is 1.78. The van der Waals surface area contributed by atoms with Crippen molar-refractivity contribution < 1.29 is 9.53 Å². The lowest BCUT2D eigenvalue weighted by Crippen LogP contribution is -2.44. The first kappa shape index (κ1) is 23.3. The first-order valence-corrected chi connectivity index (χ1v) is 9.65. The number of carbonyl (C=O) groups is 1. The molecule has 6 nitrogen and oxygen atoms in total. The summed E-state index contributed by atoms with van der Waals surface area (Å²) in [6.07, 6.45) is 1.42. The Kier molecular flexibility index (Phi) is 9.46. The molecule has 1 aromatic heterocycles. The first-order chi connectivity index (χ1) is 11.8. The third kappa shape index (κ3) is 7.87. The van der Waals surface area contributed by atoms with Crippen LogP contribution < -0.4 is 10.6 Å². The van der Waals surface area contributed by atoms with Gasteiger partial charge in [-0.05, 0) is 45.7 Å². The van der Waals surface area contributed by atoms with Crippen molar-refractivity contribution in [2.75, 3.05) is 26.7 Å². The molecule has 1 aliphatic rings. The smallest absolute Gasteiger partial charge is 0.407 e. The number of ether oxygens (including phenoxy) is 1. The van der Waals surface area contributed by atoms with Gasteiger partial charge in [-0.1, -0.05) is 11.6 Å². The normalized spacial score (nSPS) is 17.7. The number of alkyl carbamates (subject to hydrolysis) is 1. The van der Waals surface area contributed by atoms with E-state index in [2.05, 4.69) is 20.5 Å². The van der Waals surface area contributed by atoms with Gasteiger partial charge in [-0.3, -0.25) is 4.99 Å². The van der Waals surface area contributed by atoms with Gasteiger partial charge in [0.25, 0.3) is 0 Å². The van der Waals surface area contributed by atoms with Crippen LogP contribution in [0.2, 0.25) is 4.34 Å². The number of carbonyl (C=O) groups excluding carboxylic acids is 1. The molecular weight excluding hydrogens is 487 g/mol. The summed E-state index contributed by atoms with van der Waals surface area (Å²) in [5.41, 5.74) is -0.481. The maximum Gasteiger partial charge on any atom is 0.407 e. The quantitative estimate of drug-likeness (QED) is 0.365. The van der Waals surface area contributed by atoms with Crippen LogP contribution >= 0.6 is 46.9 Å². The van der Waals surface area contributed by atoms with E-state index in [1.807, 2.05) is 32.9 Å². The molecule has 2 heterocycles. The number of likely N-dealkylation sites (tertiary alicyclic amines) is 1. The van der Waals surface area contributed by atoms with E-state index in [0.717, 1.165) is 42.8 Å². The van der Waals surface area contributed by atoms with Crippen molar-refractivity contribution in [3.8, 4) is 0 Å². The molecule has 1 aliphatic heterocycles. The summed E-state index contributed by atoms with van der Waals surface area (Å²) in [5.74, 6) is 0.858. The highest BCUT2D eigenvalue weighted by atomic mass is 127. The van der Waals surface area contributed by atoms with Crippen LogP contribution in [0.5, 0.6) is 0 Å². The zero-order valence-corrected chi connectivity index (χ0v) is 19.6. The van der Waals surface area contributed by atoms with Gasteiger partial charge in [-0.15, -0.1) is 35.3 Å². The number of aliphatic imine (C=N–C) groups is 1. The van der Waals surface area contributed by atoms with Crippen molar-refractivity contribution in [1.29, 1.82) is 0 Å². The second kappa shape index (κ2) is 10.6. The molecule has 1 amide bonds. The Hall–Kier alpha value is -0.740. The second-order valence-corrected chi connectivity index (χ2v) is 8.81. The average molecular weight is 515 g/mol. The Labute approximate surface area is 181 Å². The third-order valence-electron chi connectivity index (χ3n) is 3.70. The lowest BCUT2D eigenvalue weighted by Gasteiger charge is -2.23. The molecule has 0 saturated carbocycles. The molecule has 1 unspecified atom stereocenters. The molecule has 0 aromatic carbocycles. The Balaban J connectivity index is 0.00000338. The fourth-order valence-corrected chi connectivity index (χ4v) is 3.75. The van der Waals surface area contributed by atoms with E-state index in [0.29, 0.717) is 0 Å². The summed E-state index contributed by atoms with van der Waals surface area (Å²) >= 11 is 7.55. The van der Waals surface area contributed by atoms with Gasteiger partial charge in [0.05, 0.1) is 10.4 Å². The van der Waals surface area contributed by atoms with Gasteiger partial charge in [0.15, 0.2) is 5.96 Å². The molecule has 1 atom stereocenters. The van der Waals surface area contributed by atoms with Crippen LogP contribution in [0.1, 0.15) is 32.1 Å². The second-order valence-electron chi connectivity index (χ2n) is 7.01. The van der Waals surface area contributed by atoms with E-state index < -0.39 is 5.60 Å². The van der Waals surface area contributed by atoms with Gasteiger partial charge in [0.1, 0.15) is 5.60 Å². The lowest BCUT2D eigenvalue weighted by molar-refractivity contribution is 0.0507. The number of nitrogens with one attached hydrogen (secondary N) is 2. The van der Waals surface area contributed by atoms with Crippen molar-refractivity contribution in [3.05, 3.63) is 21.3 Å². The lowest BCUT2D eigenvalue weighted by atomic mass is 10.2. The Morgan fingerprint density at radius 1 is 1.46 bits per heavy atom. The molecule has 1 saturated heterocycles. The van der Waals surface area contributed by atoms with Crippen molar-refractivity contribution in [2.24, 2.45) is 4.99 Å². The van der Waals surface area contributed by atoms with Gasteiger partial charge < -0.3 is 20.3 Å². The number of halogens is 2. The van der Waals surface area contributed by atoms with E-state index in [9.17, 15) is 4.79 Å². The molecule has 0 spiro atoms. The molecule has 2 rings (SSSR count). The van der Waals surface area contributed by atoms with Crippen LogP contribution in [0.4, 0.5) is 4.79 Å². The highest BCUT2D eigenvalue weighted by molar-refractivity contribution is 14.0. The summed E-state index contributed by atoms with van der Waals surface area (Å²) in [6, 6.07) is 4.04. The first-order valence-electron chi connectivity index (χ1n) is 8.46. The molecule has 1 aromatic rings. The topological polar surface area (TPSA) is 66.0 Å². The number of hydrogen-bond donors (Lipinski definition) is 2. The molecule has 0 bridgehead atoms. The highest BCUT2D eigenvalue weighted by Gasteiger charge is 2.27. The number of nitrogens with zero attached hydrogens (tertiary/aromatic N) is 2. The molecule has 1 fully saturated rings. The van der Waals surface area contributed by atoms with Crippen LogP contribution in [0.15, 0.2) is 17.1 Å². The van der Waals surface area contributed by atoms with Gasteiger partial charge in [-0.25, -0.2) is 4.79 Å². The van der Waals surface area contributed by atoms with Crippen molar-refractivity contribution in [2.45, 2.75) is 45.3 Å². The fraction of sp³-hybridized carbons (Fsp3) is 0.647. The zero-order chi connectivity index (χ0) is 18.4. The van der Waals surface area contributed by atoms with Crippen LogP contribution in [-0.4, -0.2) is 55.3 Å². The third-order valence-corrected chi connectivity index (χ3v) is 4.99. The fourth-order valence-electron chi connectivity index (χ4n) is 2.66. The highest BCUT2D eigenvalue weighted by Crippen LogP contribution is 2.21. The zero-order valence-electron chi connectivity index (χ0n) is 15.7. The predicted molar refractivity (Wildman–Crippen MR) is 119 cm³/mol. The minimum Gasteiger partial charge on any atom is -0.444 e. The largest absolute Gasteiger partial charge is 0.444 e. The van der Waals surface area contributed by atoms with E-state index in [4.69, 9.17) is 16.3 Å². The summed E-state index contributed by atoms with van der Waals surface area (Å²) in [4.78, 5) is 19.6. The SMILES string of the molecule is CN=C(NCCc1ccc(Cl)s1)N1CCC(NC(=O)OC(C)(C)C)C1.I. The minimum absolute atomic E-state index is 0. The predicted octanol–water partition coefficient (Wildman–Crippen LogP) is 3.74. The van der Waals surface area contributed by atoms with Crippen LogP contribution in [0, 0.1) is 0 Å². The standard InChI is InChI=1S/C17H27ClN4O2S.HI/c1-17(2,3)24-16(23)21-12-8-10-22(11-12)15(19-4)20-9-7-13-5-6-14(18)25-13;/h5-6,12H,7-11H2,1-4H3,(H,19,20)(H,21,23);1H. The molecule has 9 heteroatoms. The van der Waals surface area contributed by atoms with Crippen LogP contribution in [0.3, 0.4) is 0 Å². The number of amides is 1. The van der Waals surface area contributed by atoms with E-state index in [1.54, 1.807) is 18.4 Å². The summed E-state index contributed by atoms with van der Waals surface area (Å²) in [5, 5.41) is 6.31. The number of rotatable bonds is 4. The van der Waals surface area contributed by atoms with Crippen molar-refractivity contribution >= 4 is 59.0 Å². The van der Waals surface area contributed by atoms with Crippen LogP contribution in [0.25, 0.3) is 0 Å². The van der Waals surface area contributed by atoms with Gasteiger partial charge in [-0.2, -0.15) is 0 Å². The number of thiophene rings is 1. The van der Waals surface area contributed by atoms with E-state index in [-0.39, 0.29) is 36.1 Å². The Morgan fingerprint density at radius 3 is 2.77 bits per heavy atom. The van der Waals surface area contributed by atoms with Gasteiger partial charge in [0.2, 0.25) is 0 Å². The summed E-state index contributed by atoms with van der Waals surface area (Å²) < 4.78 is 6.13. The maximum absolute atomic E-state index is 11.9. The molecule has 2 N–H and O–H groups in total. The monoisotopic (exact) mass is 514 g/mol. The Bertz CT molecular complexity index is 618. The van der Waals surface area contributed by atoms with E-state index >= 15 is 0 Å². The van der Waals surface area contributed by atoms with Gasteiger partial charge in [0, 0.05) is 31.6 Å². The van der Waals surface area contributed by atoms with Gasteiger partial charge >= 0.3 is 6.09 Å². The molecule has 26 heavy (non-hydrogen) atoms. The molecule has 0 radical (unpaired) electrons. The Morgan fingerprint density at radius 2 is 2.19 bits per heavy atom. The summed E-state index contributed by atoms with van der Waals surface area (Å²) in [6.45, 7) is 7.96. The van der Waals surface area contributed by atoms with E-state index in [1.165, 1.54) is 4.88 Å². The molecular formula is C17H28ClIN4O2S. The molecule has 0 aliphatic carbocycles. The number of guanidine groups is 1. The maximum atomic E-state index is 11.9. The molecule has 148 valence electrons. The average Bonchev–Trinajstić information content (AvgIpc) is 3.11. The van der Waals surface area contributed by atoms with Crippen LogP contribution in [-0.2, 0) is 11.2 Å². The number of hydrogen-bond acceptors (Lipinski definition) is 4.